The first-order valence-electron chi connectivity index (χ1n) is 5.43. The minimum atomic E-state index is 0.0920. The summed E-state index contributed by atoms with van der Waals surface area (Å²) in [5.74, 6) is 0.995. The molecule has 0 saturated carbocycles. The lowest BCUT2D eigenvalue weighted by Crippen LogP contribution is -2.39. The Balaban J connectivity index is 1.68. The van der Waals surface area contributed by atoms with E-state index in [0.717, 1.165) is 19.7 Å². The molecule has 17 heavy (non-hydrogen) atoms. The molecule has 0 bridgehead atoms. The van der Waals surface area contributed by atoms with E-state index in [1.54, 1.807) is 6.20 Å². The van der Waals surface area contributed by atoms with Crippen molar-refractivity contribution in [2.45, 2.75) is 12.5 Å². The molecule has 1 unspecified atom stereocenters. The van der Waals surface area contributed by atoms with Crippen molar-refractivity contribution in [3.05, 3.63) is 12.1 Å². The number of H-pyrrole nitrogens is 1. The lowest BCUT2D eigenvalue weighted by Gasteiger charge is -2.21. The van der Waals surface area contributed by atoms with Gasteiger partial charge in [0.25, 0.3) is 0 Å². The lowest BCUT2D eigenvalue weighted by atomic mass is 10.2. The molecule has 1 aliphatic heterocycles. The molecule has 0 aliphatic carbocycles. The SMILES string of the molecule is c1n[nH]nc1-c1noc(CC2CNCCO2)n1. The van der Waals surface area contributed by atoms with Gasteiger partial charge in [0.1, 0.15) is 0 Å². The summed E-state index contributed by atoms with van der Waals surface area (Å²) in [5, 5.41) is 17.2. The summed E-state index contributed by atoms with van der Waals surface area (Å²) in [4.78, 5) is 4.24. The van der Waals surface area contributed by atoms with Crippen LogP contribution in [-0.4, -0.2) is 51.4 Å². The van der Waals surface area contributed by atoms with E-state index in [9.17, 15) is 0 Å². The Bertz CT molecular complexity index is 462. The predicted molar refractivity (Wildman–Crippen MR) is 56.0 cm³/mol. The van der Waals surface area contributed by atoms with E-state index in [0.29, 0.717) is 23.8 Å². The Labute approximate surface area is 96.7 Å². The Morgan fingerprint density at radius 1 is 1.47 bits per heavy atom. The molecular formula is C9H12N6O2. The van der Waals surface area contributed by atoms with E-state index >= 15 is 0 Å². The minimum Gasteiger partial charge on any atom is -0.375 e. The van der Waals surface area contributed by atoms with Gasteiger partial charge in [-0.3, -0.25) is 0 Å². The normalized spacial score (nSPS) is 20.6. The maximum atomic E-state index is 5.56. The fourth-order valence-corrected chi connectivity index (χ4v) is 1.70. The number of hydrogen-bond donors (Lipinski definition) is 2. The van der Waals surface area contributed by atoms with Crippen LogP contribution < -0.4 is 5.32 Å². The van der Waals surface area contributed by atoms with Gasteiger partial charge < -0.3 is 14.6 Å². The highest BCUT2D eigenvalue weighted by molar-refractivity contribution is 5.44. The standard InChI is InChI=1S/C9H12N6O2/c1-2-16-6(4-10-1)3-8-12-9(14-17-8)7-5-11-15-13-7/h5-6,10H,1-4H2,(H,11,13,15). The van der Waals surface area contributed by atoms with Crippen LogP contribution in [0.1, 0.15) is 5.89 Å². The molecule has 2 aromatic rings. The topological polar surface area (TPSA) is 102 Å². The molecule has 0 spiro atoms. The van der Waals surface area contributed by atoms with E-state index in [1.165, 1.54) is 0 Å². The van der Waals surface area contributed by atoms with Crippen molar-refractivity contribution in [2.75, 3.05) is 19.7 Å². The Kier molecular flexibility index (Phi) is 2.80. The molecule has 8 nitrogen and oxygen atoms in total. The van der Waals surface area contributed by atoms with Crippen molar-refractivity contribution in [1.82, 2.24) is 30.9 Å². The maximum Gasteiger partial charge on any atom is 0.229 e. The zero-order valence-electron chi connectivity index (χ0n) is 9.09. The smallest absolute Gasteiger partial charge is 0.229 e. The number of hydrogen-bond acceptors (Lipinski definition) is 7. The van der Waals surface area contributed by atoms with E-state index in [1.807, 2.05) is 0 Å². The molecule has 2 aromatic heterocycles. The fourth-order valence-electron chi connectivity index (χ4n) is 1.70. The summed E-state index contributed by atoms with van der Waals surface area (Å²) >= 11 is 0. The average molecular weight is 236 g/mol. The molecule has 90 valence electrons. The van der Waals surface area contributed by atoms with Crippen LogP contribution in [-0.2, 0) is 11.2 Å². The molecule has 2 N–H and O–H groups in total. The largest absolute Gasteiger partial charge is 0.375 e. The molecule has 0 radical (unpaired) electrons. The van der Waals surface area contributed by atoms with Crippen LogP contribution in [0.2, 0.25) is 0 Å². The molecule has 3 heterocycles. The number of rotatable bonds is 3. The number of morpholine rings is 1. The van der Waals surface area contributed by atoms with Gasteiger partial charge in [-0.1, -0.05) is 5.16 Å². The minimum absolute atomic E-state index is 0.0920. The van der Waals surface area contributed by atoms with Gasteiger partial charge in [-0.2, -0.15) is 20.4 Å². The van der Waals surface area contributed by atoms with Crippen molar-refractivity contribution in [2.24, 2.45) is 0 Å². The van der Waals surface area contributed by atoms with Crippen LogP contribution >= 0.6 is 0 Å². The molecule has 1 atom stereocenters. The van der Waals surface area contributed by atoms with Crippen LogP contribution in [0.5, 0.6) is 0 Å². The van der Waals surface area contributed by atoms with Crippen molar-refractivity contribution < 1.29 is 9.26 Å². The molecule has 1 saturated heterocycles. The third-order valence-electron chi connectivity index (χ3n) is 2.52. The summed E-state index contributed by atoms with van der Waals surface area (Å²) in [5.41, 5.74) is 0.572. The summed E-state index contributed by atoms with van der Waals surface area (Å²) < 4.78 is 10.7. The highest BCUT2D eigenvalue weighted by atomic mass is 16.5. The van der Waals surface area contributed by atoms with Crippen LogP contribution in [0.25, 0.3) is 11.5 Å². The molecule has 8 heteroatoms. The van der Waals surface area contributed by atoms with E-state index < -0.39 is 0 Å². The van der Waals surface area contributed by atoms with Gasteiger partial charge in [0, 0.05) is 13.1 Å². The highest BCUT2D eigenvalue weighted by Crippen LogP contribution is 2.12. The third kappa shape index (κ3) is 2.32. The molecule has 0 aromatic carbocycles. The van der Waals surface area contributed by atoms with Gasteiger partial charge in [-0.25, -0.2) is 0 Å². The number of aromatic nitrogens is 5. The monoisotopic (exact) mass is 236 g/mol. The molecule has 3 rings (SSSR count). The third-order valence-corrected chi connectivity index (χ3v) is 2.52. The second kappa shape index (κ2) is 4.60. The zero-order chi connectivity index (χ0) is 11.5. The van der Waals surface area contributed by atoms with Gasteiger partial charge in [-0.05, 0) is 0 Å². The average Bonchev–Trinajstić information content (AvgIpc) is 3.00. The van der Waals surface area contributed by atoms with Gasteiger partial charge in [0.2, 0.25) is 11.7 Å². The van der Waals surface area contributed by atoms with Crippen molar-refractivity contribution in [1.29, 1.82) is 0 Å². The van der Waals surface area contributed by atoms with Gasteiger partial charge in [0.05, 0.1) is 25.3 Å². The molecular weight excluding hydrogens is 224 g/mol. The van der Waals surface area contributed by atoms with Crippen molar-refractivity contribution in [3.63, 3.8) is 0 Å². The predicted octanol–water partition coefficient (Wildman–Crippen LogP) is -0.614. The summed E-state index contributed by atoms with van der Waals surface area (Å²) in [7, 11) is 0. The van der Waals surface area contributed by atoms with E-state index in [4.69, 9.17) is 9.26 Å². The number of nitrogens with zero attached hydrogens (tertiary/aromatic N) is 4. The first-order valence-corrected chi connectivity index (χ1v) is 5.43. The summed E-state index contributed by atoms with van der Waals surface area (Å²) in [6.45, 7) is 2.42. The Morgan fingerprint density at radius 3 is 3.24 bits per heavy atom. The first-order chi connectivity index (χ1) is 8.42. The van der Waals surface area contributed by atoms with Crippen LogP contribution in [0.15, 0.2) is 10.7 Å². The van der Waals surface area contributed by atoms with Crippen molar-refractivity contribution >= 4 is 0 Å². The van der Waals surface area contributed by atoms with Gasteiger partial charge >= 0.3 is 0 Å². The summed E-state index contributed by atoms with van der Waals surface area (Å²) in [6.07, 6.45) is 2.25. The molecule has 0 amide bonds. The number of ether oxygens (including phenoxy) is 1. The fraction of sp³-hybridized carbons (Fsp3) is 0.556. The molecule has 1 aliphatic rings. The highest BCUT2D eigenvalue weighted by Gasteiger charge is 2.18. The quantitative estimate of drug-likeness (QED) is 0.732. The maximum absolute atomic E-state index is 5.56. The zero-order valence-corrected chi connectivity index (χ0v) is 9.09. The van der Waals surface area contributed by atoms with E-state index in [-0.39, 0.29) is 6.10 Å². The van der Waals surface area contributed by atoms with Gasteiger partial charge in [0.15, 0.2) is 5.69 Å². The summed E-state index contributed by atoms with van der Waals surface area (Å²) in [6, 6.07) is 0. The lowest BCUT2D eigenvalue weighted by molar-refractivity contribution is 0.0246. The second-order valence-electron chi connectivity index (χ2n) is 3.77. The van der Waals surface area contributed by atoms with Crippen LogP contribution in [0, 0.1) is 0 Å². The number of nitrogens with one attached hydrogen (secondary N) is 2. The van der Waals surface area contributed by atoms with Crippen LogP contribution in [0.3, 0.4) is 0 Å². The van der Waals surface area contributed by atoms with Gasteiger partial charge in [-0.15, -0.1) is 0 Å². The first kappa shape index (κ1) is 10.4. The molecule has 1 fully saturated rings. The van der Waals surface area contributed by atoms with E-state index in [2.05, 4.69) is 30.9 Å². The second-order valence-corrected chi connectivity index (χ2v) is 3.77. The Morgan fingerprint density at radius 2 is 2.47 bits per heavy atom. The van der Waals surface area contributed by atoms with Crippen LogP contribution in [0.4, 0.5) is 0 Å². The number of aromatic amines is 1. The Hall–Kier alpha value is -1.80. The van der Waals surface area contributed by atoms with Crippen molar-refractivity contribution in [3.8, 4) is 11.5 Å².